The Bertz CT molecular complexity index is 672. The van der Waals surface area contributed by atoms with Crippen LogP contribution in [0.5, 0.6) is 0 Å². The molecule has 3 N–H and O–H groups in total. The lowest BCUT2D eigenvalue weighted by atomic mass is 10.1. The van der Waals surface area contributed by atoms with Gasteiger partial charge in [-0.05, 0) is 19.1 Å². The number of nitrogens with zero attached hydrogens (tertiary/aromatic N) is 2. The molecule has 0 bridgehead atoms. The Hall–Kier alpha value is -2.70. The van der Waals surface area contributed by atoms with E-state index in [1.54, 1.807) is 18.3 Å². The number of non-ortho nitro benzene ring substituents is 1. The molecule has 1 atom stereocenters. The maximum atomic E-state index is 11.0. The van der Waals surface area contributed by atoms with Gasteiger partial charge in [-0.2, -0.15) is 0 Å². The number of nitrogens with one attached hydrogen (secondary N) is 1. The normalized spacial score (nSPS) is 12.1. The number of benzene rings is 1. The van der Waals surface area contributed by atoms with Crippen molar-refractivity contribution in [1.29, 1.82) is 0 Å². The molecule has 0 fully saturated rings. The highest BCUT2D eigenvalue weighted by molar-refractivity contribution is 5.99. The van der Waals surface area contributed by atoms with Gasteiger partial charge in [-0.1, -0.05) is 0 Å². The summed E-state index contributed by atoms with van der Waals surface area (Å²) in [5.41, 5.74) is 5.86. The zero-order chi connectivity index (χ0) is 14.7. The van der Waals surface area contributed by atoms with Crippen molar-refractivity contribution < 1.29 is 9.72 Å². The molecule has 0 radical (unpaired) electrons. The van der Waals surface area contributed by atoms with Gasteiger partial charge in [-0.25, -0.2) is 0 Å². The van der Waals surface area contributed by atoms with E-state index in [-0.39, 0.29) is 18.2 Å². The summed E-state index contributed by atoms with van der Waals surface area (Å²) < 4.78 is 0. The summed E-state index contributed by atoms with van der Waals surface area (Å²) in [6.07, 6.45) is 3.21. The number of nitro groups is 1. The summed E-state index contributed by atoms with van der Waals surface area (Å²) in [5.74, 6) is -0.405. The Labute approximate surface area is 114 Å². The van der Waals surface area contributed by atoms with Crippen LogP contribution >= 0.6 is 0 Å². The Kier molecular flexibility index (Phi) is 3.79. The average molecular weight is 274 g/mol. The minimum atomic E-state index is -0.444. The van der Waals surface area contributed by atoms with E-state index in [4.69, 9.17) is 5.73 Å². The summed E-state index contributed by atoms with van der Waals surface area (Å²) in [6.45, 7) is 1.82. The molecule has 0 saturated heterocycles. The number of aromatic nitrogens is 1. The van der Waals surface area contributed by atoms with Crippen LogP contribution in [0.3, 0.4) is 0 Å². The van der Waals surface area contributed by atoms with Crippen LogP contribution in [0, 0.1) is 10.1 Å². The highest BCUT2D eigenvalue weighted by Gasteiger charge is 2.15. The molecule has 1 unspecified atom stereocenters. The Morgan fingerprint density at radius 2 is 2.20 bits per heavy atom. The Balaban J connectivity index is 2.43. The number of hydrogen-bond acceptors (Lipinski definition) is 5. The first-order valence-corrected chi connectivity index (χ1v) is 6.05. The van der Waals surface area contributed by atoms with Crippen LogP contribution in [0.1, 0.15) is 13.3 Å². The van der Waals surface area contributed by atoms with E-state index in [9.17, 15) is 14.9 Å². The van der Waals surface area contributed by atoms with Crippen molar-refractivity contribution in [2.75, 3.05) is 5.32 Å². The molecule has 104 valence electrons. The standard InChI is InChI=1S/C13H14N4O3/c1-8(6-13(14)18)16-11-2-3-12(17(19)20)10-7-15-5-4-9(10)11/h2-5,7-8,16H,6H2,1H3,(H2,14,18). The second-order valence-electron chi connectivity index (χ2n) is 4.53. The maximum absolute atomic E-state index is 11.0. The highest BCUT2D eigenvalue weighted by atomic mass is 16.6. The first-order chi connectivity index (χ1) is 9.49. The van der Waals surface area contributed by atoms with Gasteiger partial charge in [0.05, 0.1) is 10.3 Å². The van der Waals surface area contributed by atoms with Crippen LogP contribution in [0.2, 0.25) is 0 Å². The molecule has 0 saturated carbocycles. The molecule has 1 aromatic heterocycles. The number of nitrogens with two attached hydrogens (primary N) is 1. The quantitative estimate of drug-likeness (QED) is 0.638. The lowest BCUT2D eigenvalue weighted by Gasteiger charge is -2.15. The number of rotatable bonds is 5. The number of fused-ring (bicyclic) bond motifs is 1. The molecular formula is C13H14N4O3. The predicted octanol–water partition coefficient (Wildman–Crippen LogP) is 1.82. The van der Waals surface area contributed by atoms with Gasteiger partial charge >= 0.3 is 0 Å². The third-order valence-corrected chi connectivity index (χ3v) is 2.90. The SMILES string of the molecule is CC(CC(N)=O)Nc1ccc([N+](=O)[O-])c2cnccc12. The number of carbonyl (C=O) groups excluding carboxylic acids is 1. The summed E-state index contributed by atoms with van der Waals surface area (Å²) in [6, 6.07) is 4.58. The minimum absolute atomic E-state index is 0.00112. The third-order valence-electron chi connectivity index (χ3n) is 2.90. The monoisotopic (exact) mass is 274 g/mol. The number of hydrogen-bond donors (Lipinski definition) is 2. The molecule has 1 heterocycles. The predicted molar refractivity (Wildman–Crippen MR) is 75.3 cm³/mol. The molecule has 0 aliphatic carbocycles. The van der Waals surface area contributed by atoms with Crippen molar-refractivity contribution in [1.82, 2.24) is 4.98 Å². The lowest BCUT2D eigenvalue weighted by Crippen LogP contribution is -2.24. The summed E-state index contributed by atoms with van der Waals surface area (Å²) in [5, 5.41) is 15.3. The van der Waals surface area contributed by atoms with E-state index in [2.05, 4.69) is 10.3 Å². The molecule has 0 aliphatic rings. The number of carbonyl (C=O) groups is 1. The maximum Gasteiger partial charge on any atom is 0.278 e. The smallest absolute Gasteiger partial charge is 0.278 e. The van der Waals surface area contributed by atoms with Gasteiger partial charge in [-0.3, -0.25) is 19.9 Å². The third kappa shape index (κ3) is 2.82. The van der Waals surface area contributed by atoms with Crippen molar-refractivity contribution in [3.05, 3.63) is 40.7 Å². The zero-order valence-electron chi connectivity index (χ0n) is 10.9. The second kappa shape index (κ2) is 5.52. The fraction of sp³-hybridized carbons (Fsp3) is 0.231. The molecule has 2 rings (SSSR count). The molecule has 7 heteroatoms. The van der Waals surface area contributed by atoms with Gasteiger partial charge in [0.25, 0.3) is 5.69 Å². The van der Waals surface area contributed by atoms with Crippen molar-refractivity contribution in [2.45, 2.75) is 19.4 Å². The number of primary amides is 1. The van der Waals surface area contributed by atoms with E-state index in [0.717, 1.165) is 0 Å². The van der Waals surface area contributed by atoms with Gasteiger partial charge < -0.3 is 11.1 Å². The second-order valence-corrected chi connectivity index (χ2v) is 4.53. The largest absolute Gasteiger partial charge is 0.382 e. The van der Waals surface area contributed by atoms with Gasteiger partial charge in [-0.15, -0.1) is 0 Å². The molecule has 0 aliphatic heterocycles. The van der Waals surface area contributed by atoms with E-state index >= 15 is 0 Å². The van der Waals surface area contributed by atoms with Crippen molar-refractivity contribution in [3.63, 3.8) is 0 Å². The number of nitro benzene ring substituents is 1. The average Bonchev–Trinajstić information content (AvgIpc) is 2.37. The highest BCUT2D eigenvalue weighted by Crippen LogP contribution is 2.31. The molecule has 7 nitrogen and oxygen atoms in total. The van der Waals surface area contributed by atoms with Crippen LogP contribution in [0.4, 0.5) is 11.4 Å². The molecule has 20 heavy (non-hydrogen) atoms. The molecule has 0 spiro atoms. The first-order valence-electron chi connectivity index (χ1n) is 6.05. The van der Waals surface area contributed by atoms with Gasteiger partial charge in [0, 0.05) is 42.0 Å². The van der Waals surface area contributed by atoms with E-state index in [1.165, 1.54) is 12.3 Å². The van der Waals surface area contributed by atoms with Crippen LogP contribution < -0.4 is 11.1 Å². The fourth-order valence-electron chi connectivity index (χ4n) is 2.08. The zero-order valence-corrected chi connectivity index (χ0v) is 10.9. The Morgan fingerprint density at radius 1 is 1.45 bits per heavy atom. The van der Waals surface area contributed by atoms with Crippen molar-refractivity contribution in [2.24, 2.45) is 5.73 Å². The summed E-state index contributed by atoms with van der Waals surface area (Å²) >= 11 is 0. The van der Waals surface area contributed by atoms with Crippen LogP contribution in [0.25, 0.3) is 10.8 Å². The van der Waals surface area contributed by atoms with E-state index in [1.807, 2.05) is 6.92 Å². The number of pyridine rings is 1. The summed E-state index contributed by atoms with van der Waals surface area (Å²) in [7, 11) is 0. The van der Waals surface area contributed by atoms with Gasteiger partial charge in [0.2, 0.25) is 5.91 Å². The fourth-order valence-corrected chi connectivity index (χ4v) is 2.08. The van der Waals surface area contributed by atoms with E-state index in [0.29, 0.717) is 16.5 Å². The van der Waals surface area contributed by atoms with Crippen LogP contribution in [-0.2, 0) is 4.79 Å². The van der Waals surface area contributed by atoms with Crippen molar-refractivity contribution >= 4 is 28.1 Å². The molecule has 1 amide bonds. The van der Waals surface area contributed by atoms with Gasteiger partial charge in [0.15, 0.2) is 0 Å². The number of anilines is 1. The first kappa shape index (κ1) is 13.7. The molecular weight excluding hydrogens is 260 g/mol. The van der Waals surface area contributed by atoms with Gasteiger partial charge in [0.1, 0.15) is 0 Å². The molecule has 1 aromatic carbocycles. The molecule has 2 aromatic rings. The lowest BCUT2D eigenvalue weighted by molar-refractivity contribution is -0.383. The Morgan fingerprint density at radius 3 is 2.85 bits per heavy atom. The number of amides is 1. The topological polar surface area (TPSA) is 111 Å². The van der Waals surface area contributed by atoms with E-state index < -0.39 is 10.8 Å². The van der Waals surface area contributed by atoms with Crippen molar-refractivity contribution in [3.8, 4) is 0 Å². The minimum Gasteiger partial charge on any atom is -0.382 e. The van der Waals surface area contributed by atoms with Crippen LogP contribution in [0.15, 0.2) is 30.6 Å². The summed E-state index contributed by atoms with van der Waals surface area (Å²) in [4.78, 5) is 25.4. The van der Waals surface area contributed by atoms with Crippen LogP contribution in [-0.4, -0.2) is 21.9 Å².